The van der Waals surface area contributed by atoms with Gasteiger partial charge in [-0.05, 0) is 44.9 Å². The summed E-state index contributed by atoms with van der Waals surface area (Å²) < 4.78 is 6.06. The molecule has 22 heavy (non-hydrogen) atoms. The topological polar surface area (TPSA) is 81.2 Å². The van der Waals surface area contributed by atoms with E-state index in [0.29, 0.717) is 13.0 Å². The molecular weight excluding hydrogens is 346 g/mol. The fourth-order valence-electron chi connectivity index (χ4n) is 2.27. The number of hydrogen-bond acceptors (Lipinski definition) is 4. The number of carbonyl (C=O) groups excluding carboxylic acids is 1. The van der Waals surface area contributed by atoms with Gasteiger partial charge in [0.1, 0.15) is 11.3 Å². The number of nitrogens with one attached hydrogen (secondary N) is 1. The van der Waals surface area contributed by atoms with Crippen LogP contribution in [0.25, 0.3) is 0 Å². The number of benzene rings is 1. The summed E-state index contributed by atoms with van der Waals surface area (Å²) in [4.78, 5) is 12.4. The van der Waals surface area contributed by atoms with Crippen molar-refractivity contribution in [3.63, 3.8) is 0 Å². The third-order valence-electron chi connectivity index (χ3n) is 3.76. The quantitative estimate of drug-likeness (QED) is 0.852. The first-order valence-electron chi connectivity index (χ1n) is 7.07. The Morgan fingerprint density at radius 3 is 2.55 bits per heavy atom. The van der Waals surface area contributed by atoms with Crippen molar-refractivity contribution in [2.24, 2.45) is 5.73 Å². The number of aromatic nitrogens is 1. The van der Waals surface area contributed by atoms with Crippen LogP contribution in [0.3, 0.4) is 0 Å². The fraction of sp³-hybridized carbons (Fsp3) is 0.375. The van der Waals surface area contributed by atoms with E-state index in [9.17, 15) is 4.79 Å². The molecule has 3 N–H and O–H groups in total. The van der Waals surface area contributed by atoms with Gasteiger partial charge in [-0.25, -0.2) is 0 Å². The molecule has 2 aromatic rings. The molecular formula is C16H20BrN3O2. The van der Waals surface area contributed by atoms with Crippen molar-refractivity contribution in [2.75, 3.05) is 6.54 Å². The van der Waals surface area contributed by atoms with E-state index in [1.807, 2.05) is 38.1 Å². The highest BCUT2D eigenvalue weighted by Gasteiger charge is 2.30. The second-order valence-corrected chi connectivity index (χ2v) is 6.43. The van der Waals surface area contributed by atoms with E-state index in [1.54, 1.807) is 6.92 Å². The molecule has 1 aromatic carbocycles. The molecule has 0 aliphatic rings. The Labute approximate surface area is 138 Å². The molecule has 0 saturated carbocycles. The Balaban J connectivity index is 1.98. The van der Waals surface area contributed by atoms with Crippen LogP contribution < -0.4 is 11.1 Å². The zero-order valence-electron chi connectivity index (χ0n) is 12.9. The van der Waals surface area contributed by atoms with Crippen molar-refractivity contribution in [3.05, 3.63) is 51.3 Å². The maximum atomic E-state index is 12.4. The van der Waals surface area contributed by atoms with E-state index in [1.165, 1.54) is 0 Å². The number of aryl methyl sites for hydroxylation is 2. The number of nitrogens with zero attached hydrogens (tertiary/aromatic N) is 1. The minimum absolute atomic E-state index is 0.207. The summed E-state index contributed by atoms with van der Waals surface area (Å²) in [7, 11) is 0. The van der Waals surface area contributed by atoms with Crippen LogP contribution in [-0.4, -0.2) is 17.6 Å². The highest BCUT2D eigenvalue weighted by atomic mass is 79.9. The normalized spacial score (nSPS) is 13.7. The lowest BCUT2D eigenvalue weighted by atomic mass is 9.92. The lowest BCUT2D eigenvalue weighted by Crippen LogP contribution is -2.49. The van der Waals surface area contributed by atoms with Crippen LogP contribution in [0, 0.1) is 13.8 Å². The van der Waals surface area contributed by atoms with E-state index in [4.69, 9.17) is 10.3 Å². The molecule has 1 aromatic heterocycles. The molecule has 0 radical (unpaired) electrons. The number of rotatable bonds is 5. The summed E-state index contributed by atoms with van der Waals surface area (Å²) in [6.07, 6.45) is 0.670. The summed E-state index contributed by atoms with van der Waals surface area (Å²) in [6, 6.07) is 7.44. The van der Waals surface area contributed by atoms with Gasteiger partial charge in [-0.3, -0.25) is 4.79 Å². The van der Waals surface area contributed by atoms with Gasteiger partial charge in [-0.2, -0.15) is 0 Å². The summed E-state index contributed by atoms with van der Waals surface area (Å²) in [6.45, 7) is 5.96. The minimum Gasteiger partial charge on any atom is -0.361 e. The monoisotopic (exact) mass is 365 g/mol. The Hall–Kier alpha value is -1.66. The third-order valence-corrected chi connectivity index (χ3v) is 4.29. The van der Waals surface area contributed by atoms with Crippen molar-refractivity contribution in [1.29, 1.82) is 0 Å². The molecule has 6 heteroatoms. The number of carbonyl (C=O) groups is 1. The predicted molar refractivity (Wildman–Crippen MR) is 88.4 cm³/mol. The molecule has 1 unspecified atom stereocenters. The van der Waals surface area contributed by atoms with E-state index >= 15 is 0 Å². The van der Waals surface area contributed by atoms with Gasteiger partial charge in [-0.1, -0.05) is 33.2 Å². The molecule has 0 spiro atoms. The van der Waals surface area contributed by atoms with Gasteiger partial charge >= 0.3 is 0 Å². The molecule has 0 aliphatic heterocycles. The van der Waals surface area contributed by atoms with Crippen LogP contribution in [0.1, 0.15) is 29.5 Å². The SMILES string of the molecule is Cc1noc(C)c1CCNC(=O)C(C)(N)c1ccc(Br)cc1. The molecule has 2 rings (SSSR count). The lowest BCUT2D eigenvalue weighted by Gasteiger charge is -2.24. The fourth-order valence-corrected chi connectivity index (χ4v) is 2.53. The van der Waals surface area contributed by atoms with E-state index in [-0.39, 0.29) is 5.91 Å². The van der Waals surface area contributed by atoms with Gasteiger partial charge in [0.05, 0.1) is 5.69 Å². The maximum absolute atomic E-state index is 12.4. The molecule has 5 nitrogen and oxygen atoms in total. The zero-order valence-corrected chi connectivity index (χ0v) is 14.5. The first kappa shape index (κ1) is 16.7. The molecule has 0 fully saturated rings. The highest BCUT2D eigenvalue weighted by Crippen LogP contribution is 2.20. The molecule has 0 bridgehead atoms. The third kappa shape index (κ3) is 3.56. The molecule has 0 saturated heterocycles. The van der Waals surface area contributed by atoms with E-state index in [2.05, 4.69) is 26.4 Å². The Kier molecular flexibility index (Phi) is 5.03. The predicted octanol–water partition coefficient (Wildman–Crippen LogP) is 2.59. The van der Waals surface area contributed by atoms with Crippen LogP contribution in [0.4, 0.5) is 0 Å². The minimum atomic E-state index is -1.07. The van der Waals surface area contributed by atoms with E-state index < -0.39 is 5.54 Å². The van der Waals surface area contributed by atoms with Crippen LogP contribution in [0.5, 0.6) is 0 Å². The second-order valence-electron chi connectivity index (χ2n) is 5.52. The number of nitrogens with two attached hydrogens (primary N) is 1. The Morgan fingerprint density at radius 1 is 1.36 bits per heavy atom. The second kappa shape index (κ2) is 6.62. The van der Waals surface area contributed by atoms with Gasteiger partial charge in [0.2, 0.25) is 5.91 Å². The van der Waals surface area contributed by atoms with Crippen molar-refractivity contribution >= 4 is 21.8 Å². The van der Waals surface area contributed by atoms with Gasteiger partial charge < -0.3 is 15.6 Å². The summed E-state index contributed by atoms with van der Waals surface area (Å²) >= 11 is 3.37. The average Bonchev–Trinajstić information content (AvgIpc) is 2.79. The summed E-state index contributed by atoms with van der Waals surface area (Å²) in [5, 5.41) is 6.79. The van der Waals surface area contributed by atoms with Gasteiger partial charge in [0, 0.05) is 16.6 Å². The van der Waals surface area contributed by atoms with Crippen molar-refractivity contribution in [2.45, 2.75) is 32.7 Å². The average molecular weight is 366 g/mol. The van der Waals surface area contributed by atoms with Crippen LogP contribution >= 0.6 is 15.9 Å². The van der Waals surface area contributed by atoms with Crippen molar-refractivity contribution < 1.29 is 9.32 Å². The van der Waals surface area contributed by atoms with Gasteiger partial charge in [-0.15, -0.1) is 0 Å². The first-order chi connectivity index (χ1) is 10.3. The smallest absolute Gasteiger partial charge is 0.244 e. The van der Waals surface area contributed by atoms with Crippen molar-refractivity contribution in [1.82, 2.24) is 10.5 Å². The molecule has 1 heterocycles. The van der Waals surface area contributed by atoms with Crippen molar-refractivity contribution in [3.8, 4) is 0 Å². The largest absolute Gasteiger partial charge is 0.361 e. The molecule has 1 atom stereocenters. The van der Waals surface area contributed by atoms with Crippen LogP contribution in [0.2, 0.25) is 0 Å². The standard InChI is InChI=1S/C16H20BrN3O2/c1-10-14(11(2)22-20-10)8-9-19-15(21)16(3,18)12-4-6-13(17)7-5-12/h4-7H,8-9,18H2,1-3H3,(H,19,21). The Bertz CT molecular complexity index is 643. The number of halogens is 1. The Morgan fingerprint density at radius 2 is 2.00 bits per heavy atom. The van der Waals surface area contributed by atoms with E-state index in [0.717, 1.165) is 27.1 Å². The first-order valence-corrected chi connectivity index (χ1v) is 7.86. The van der Waals surface area contributed by atoms with Gasteiger partial charge in [0.25, 0.3) is 0 Å². The highest BCUT2D eigenvalue weighted by molar-refractivity contribution is 9.10. The molecule has 0 aliphatic carbocycles. The molecule has 118 valence electrons. The number of amides is 1. The maximum Gasteiger partial charge on any atom is 0.244 e. The van der Waals surface area contributed by atoms with Gasteiger partial charge in [0.15, 0.2) is 0 Å². The van der Waals surface area contributed by atoms with Crippen LogP contribution in [0.15, 0.2) is 33.3 Å². The van der Waals surface area contributed by atoms with Crippen LogP contribution in [-0.2, 0) is 16.8 Å². The summed E-state index contributed by atoms with van der Waals surface area (Å²) in [5.74, 6) is 0.580. The molecule has 1 amide bonds. The zero-order chi connectivity index (χ0) is 16.3. The summed E-state index contributed by atoms with van der Waals surface area (Å²) in [5.41, 5.74) is 7.78. The lowest BCUT2D eigenvalue weighted by molar-refractivity contribution is -0.126. The number of hydrogen-bond donors (Lipinski definition) is 2.